The van der Waals surface area contributed by atoms with Crippen LogP contribution < -0.4 is 0 Å². The second kappa shape index (κ2) is 7.05. The highest BCUT2D eigenvalue weighted by Gasteiger charge is 2.26. The normalized spacial score (nSPS) is 17.8. The Bertz CT molecular complexity index is 961. The van der Waals surface area contributed by atoms with Crippen LogP contribution in [0.5, 0.6) is 0 Å². The summed E-state index contributed by atoms with van der Waals surface area (Å²) < 4.78 is 1.97. The summed E-state index contributed by atoms with van der Waals surface area (Å²) in [5.74, 6) is 0.155. The fraction of sp³-hybridized carbons (Fsp3) is 0.400. The van der Waals surface area contributed by atoms with Crippen LogP contribution in [0.3, 0.4) is 0 Å². The summed E-state index contributed by atoms with van der Waals surface area (Å²) in [6.07, 6.45) is 3.40. The molecule has 1 unspecified atom stereocenters. The molecule has 4 rings (SSSR count). The molecule has 1 atom stereocenters. The van der Waals surface area contributed by atoms with Crippen LogP contribution in [0.15, 0.2) is 30.3 Å². The Morgan fingerprint density at radius 2 is 2.15 bits per heavy atom. The lowest BCUT2D eigenvalue weighted by molar-refractivity contribution is 0.0641. The van der Waals surface area contributed by atoms with Crippen LogP contribution in [-0.2, 0) is 6.54 Å². The zero-order valence-corrected chi connectivity index (χ0v) is 16.6. The van der Waals surface area contributed by atoms with Gasteiger partial charge in [-0.2, -0.15) is 5.10 Å². The summed E-state index contributed by atoms with van der Waals surface area (Å²) in [7, 11) is 0. The van der Waals surface area contributed by atoms with Gasteiger partial charge in [-0.25, -0.2) is 0 Å². The quantitative estimate of drug-likeness (QED) is 0.625. The number of benzene rings is 1. The maximum absolute atomic E-state index is 13.0. The van der Waals surface area contributed by atoms with Crippen molar-refractivity contribution in [3.8, 4) is 0 Å². The Balaban J connectivity index is 1.67. The fourth-order valence-electron chi connectivity index (χ4n) is 3.65. The van der Waals surface area contributed by atoms with Crippen molar-refractivity contribution in [1.29, 1.82) is 0 Å². The number of carbonyl (C=O) groups is 1. The first-order valence-electron chi connectivity index (χ1n) is 9.06. The van der Waals surface area contributed by atoms with E-state index in [0.29, 0.717) is 12.6 Å². The minimum Gasteiger partial charge on any atom is -0.335 e. The van der Waals surface area contributed by atoms with Crippen molar-refractivity contribution in [2.75, 3.05) is 6.54 Å². The molecule has 0 N–H and O–H groups in total. The molecule has 1 saturated heterocycles. The summed E-state index contributed by atoms with van der Waals surface area (Å²) >= 11 is 7.85. The van der Waals surface area contributed by atoms with Gasteiger partial charge in [0, 0.05) is 23.0 Å². The highest BCUT2D eigenvalue weighted by Crippen LogP contribution is 2.31. The van der Waals surface area contributed by atoms with Gasteiger partial charge in [-0.15, -0.1) is 11.3 Å². The Kier molecular flexibility index (Phi) is 4.76. The molecule has 3 heterocycles. The molecule has 1 aromatic carbocycles. The molecule has 4 nitrogen and oxygen atoms in total. The molecule has 1 fully saturated rings. The predicted molar refractivity (Wildman–Crippen MR) is 107 cm³/mol. The number of fused-ring (bicyclic) bond motifs is 1. The molecular formula is C20H22ClN3OS. The molecule has 26 heavy (non-hydrogen) atoms. The third kappa shape index (κ3) is 3.14. The number of hydrogen-bond donors (Lipinski definition) is 0. The molecule has 0 radical (unpaired) electrons. The Morgan fingerprint density at radius 3 is 2.92 bits per heavy atom. The van der Waals surface area contributed by atoms with E-state index in [1.165, 1.54) is 17.8 Å². The molecule has 6 heteroatoms. The molecule has 0 saturated carbocycles. The highest BCUT2D eigenvalue weighted by molar-refractivity contribution is 7.20. The van der Waals surface area contributed by atoms with Gasteiger partial charge in [0.25, 0.3) is 5.91 Å². The van der Waals surface area contributed by atoms with E-state index in [-0.39, 0.29) is 5.91 Å². The Morgan fingerprint density at radius 1 is 1.35 bits per heavy atom. The van der Waals surface area contributed by atoms with Crippen molar-refractivity contribution < 1.29 is 4.79 Å². The molecule has 2 aromatic heterocycles. The van der Waals surface area contributed by atoms with Crippen molar-refractivity contribution in [2.45, 2.75) is 45.7 Å². The van der Waals surface area contributed by atoms with Crippen LogP contribution in [0.1, 0.15) is 47.1 Å². The topological polar surface area (TPSA) is 38.1 Å². The summed E-state index contributed by atoms with van der Waals surface area (Å²) in [6, 6.07) is 10.1. The van der Waals surface area contributed by atoms with Crippen molar-refractivity contribution >= 4 is 39.1 Å². The predicted octanol–water partition coefficient (Wildman–Crippen LogP) is 5.12. The molecule has 1 aliphatic rings. The van der Waals surface area contributed by atoms with Crippen molar-refractivity contribution in [1.82, 2.24) is 14.7 Å². The van der Waals surface area contributed by atoms with Gasteiger partial charge in [0.05, 0.1) is 17.1 Å². The summed E-state index contributed by atoms with van der Waals surface area (Å²) in [6.45, 7) is 5.61. The third-order valence-electron chi connectivity index (χ3n) is 5.16. The molecule has 3 aromatic rings. The summed E-state index contributed by atoms with van der Waals surface area (Å²) in [5, 5.41) is 6.46. The lowest BCUT2D eigenvalue weighted by Gasteiger charge is -2.33. The molecular weight excluding hydrogens is 366 g/mol. The Labute approximate surface area is 162 Å². The number of likely N-dealkylation sites (tertiary alicyclic amines) is 1. The van der Waals surface area contributed by atoms with Gasteiger partial charge in [-0.3, -0.25) is 9.48 Å². The molecule has 1 aliphatic heterocycles. The van der Waals surface area contributed by atoms with Gasteiger partial charge in [-0.1, -0.05) is 29.8 Å². The van der Waals surface area contributed by atoms with Crippen LogP contribution >= 0.6 is 22.9 Å². The number of hydrogen-bond acceptors (Lipinski definition) is 3. The summed E-state index contributed by atoms with van der Waals surface area (Å²) in [4.78, 5) is 16.9. The van der Waals surface area contributed by atoms with E-state index in [2.05, 4.69) is 12.0 Å². The molecule has 0 spiro atoms. The second-order valence-corrected chi connectivity index (χ2v) is 8.45. The van der Waals surface area contributed by atoms with Crippen LogP contribution in [0.2, 0.25) is 5.02 Å². The minimum absolute atomic E-state index is 0.155. The molecule has 1 amide bonds. The lowest BCUT2D eigenvalue weighted by Crippen LogP contribution is -2.41. The van der Waals surface area contributed by atoms with Gasteiger partial charge in [0.2, 0.25) is 0 Å². The maximum atomic E-state index is 13.0. The minimum atomic E-state index is 0.155. The molecule has 0 aliphatic carbocycles. The van der Waals surface area contributed by atoms with E-state index in [1.807, 2.05) is 46.8 Å². The zero-order valence-electron chi connectivity index (χ0n) is 15.0. The number of aryl methyl sites for hydroxylation is 1. The highest BCUT2D eigenvalue weighted by atomic mass is 35.5. The van der Waals surface area contributed by atoms with E-state index >= 15 is 0 Å². The van der Waals surface area contributed by atoms with E-state index in [1.54, 1.807) is 0 Å². The maximum Gasteiger partial charge on any atom is 0.264 e. The van der Waals surface area contributed by atoms with Crippen LogP contribution in [0.4, 0.5) is 0 Å². The number of rotatable bonds is 3. The first-order chi connectivity index (χ1) is 12.5. The number of halogens is 1. The number of carbonyl (C=O) groups excluding carboxylic acids is 1. The van der Waals surface area contributed by atoms with E-state index in [4.69, 9.17) is 11.6 Å². The number of amides is 1. The largest absolute Gasteiger partial charge is 0.335 e. The van der Waals surface area contributed by atoms with Gasteiger partial charge in [-0.05, 0) is 50.8 Å². The average molecular weight is 388 g/mol. The van der Waals surface area contributed by atoms with Crippen LogP contribution in [-0.4, -0.2) is 33.2 Å². The van der Waals surface area contributed by atoms with Crippen molar-refractivity contribution in [3.05, 3.63) is 51.5 Å². The standard InChI is InChI=1S/C20H22ClN3OS/c1-13-7-5-6-10-23(13)19(25)18-11-16-14(2)22-24(20(16)26-18)12-15-8-3-4-9-17(15)21/h3-4,8-9,11,13H,5-7,10,12H2,1-2H3. The fourth-order valence-corrected chi connectivity index (χ4v) is 4.97. The van der Waals surface area contributed by atoms with E-state index in [0.717, 1.165) is 50.8 Å². The third-order valence-corrected chi connectivity index (χ3v) is 6.67. The van der Waals surface area contributed by atoms with Gasteiger partial charge in [0.1, 0.15) is 4.83 Å². The number of thiophene rings is 1. The number of piperidine rings is 1. The smallest absolute Gasteiger partial charge is 0.264 e. The molecule has 136 valence electrons. The van der Waals surface area contributed by atoms with Gasteiger partial charge in [0.15, 0.2) is 0 Å². The van der Waals surface area contributed by atoms with E-state index in [9.17, 15) is 4.79 Å². The van der Waals surface area contributed by atoms with Gasteiger partial charge < -0.3 is 4.90 Å². The second-order valence-electron chi connectivity index (χ2n) is 7.01. The lowest BCUT2D eigenvalue weighted by atomic mass is 10.0. The van der Waals surface area contributed by atoms with Crippen molar-refractivity contribution in [3.63, 3.8) is 0 Å². The Hall–Kier alpha value is -1.85. The molecule has 0 bridgehead atoms. The number of nitrogens with zero attached hydrogens (tertiary/aromatic N) is 3. The SMILES string of the molecule is Cc1nn(Cc2ccccc2Cl)c2sc(C(=O)N3CCCCC3C)cc12. The zero-order chi connectivity index (χ0) is 18.3. The monoisotopic (exact) mass is 387 g/mol. The summed E-state index contributed by atoms with van der Waals surface area (Å²) in [5.41, 5.74) is 1.98. The van der Waals surface area contributed by atoms with Crippen molar-refractivity contribution in [2.24, 2.45) is 0 Å². The first-order valence-corrected chi connectivity index (χ1v) is 10.3. The first kappa shape index (κ1) is 17.6. The van der Waals surface area contributed by atoms with Gasteiger partial charge >= 0.3 is 0 Å². The van der Waals surface area contributed by atoms with Crippen LogP contribution in [0.25, 0.3) is 10.2 Å². The average Bonchev–Trinajstić information content (AvgIpc) is 3.18. The van der Waals surface area contributed by atoms with E-state index < -0.39 is 0 Å². The van der Waals surface area contributed by atoms with Crippen LogP contribution in [0, 0.1) is 6.92 Å². The number of aromatic nitrogens is 2.